The second-order valence-electron chi connectivity index (χ2n) is 6.03. The first kappa shape index (κ1) is 19.3. The number of benzene rings is 2. The molecule has 25 heavy (non-hydrogen) atoms. The number of ether oxygens (including phenoxy) is 1. The fraction of sp³-hybridized carbons (Fsp3) is 0.278. The van der Waals surface area contributed by atoms with Gasteiger partial charge in [0, 0.05) is 5.02 Å². The molecule has 0 saturated carbocycles. The van der Waals surface area contributed by atoms with Crippen molar-refractivity contribution in [2.75, 3.05) is 6.61 Å². The molecule has 0 aliphatic rings. The van der Waals surface area contributed by atoms with Crippen LogP contribution in [-0.4, -0.2) is 20.6 Å². The van der Waals surface area contributed by atoms with Crippen molar-refractivity contribution in [1.29, 1.82) is 5.26 Å². The molecular weight excluding hydrogens is 360 g/mol. The highest BCUT2D eigenvalue weighted by molar-refractivity contribution is 7.88. The maximum Gasteiger partial charge on any atom is 0.217 e. The second kappa shape index (κ2) is 7.87. The summed E-state index contributed by atoms with van der Waals surface area (Å²) < 4.78 is 32.7. The van der Waals surface area contributed by atoms with E-state index in [2.05, 4.69) is 4.72 Å². The molecule has 0 aliphatic carbocycles. The molecule has 132 valence electrons. The minimum atomic E-state index is -3.70. The number of halogens is 1. The van der Waals surface area contributed by atoms with E-state index >= 15 is 0 Å². The van der Waals surface area contributed by atoms with Crippen LogP contribution in [0.5, 0.6) is 5.75 Å². The van der Waals surface area contributed by atoms with E-state index in [1.165, 1.54) is 6.92 Å². The van der Waals surface area contributed by atoms with Crippen LogP contribution in [0, 0.1) is 18.3 Å². The fourth-order valence-corrected chi connectivity index (χ4v) is 3.75. The Kier molecular flexibility index (Phi) is 6.07. The lowest BCUT2D eigenvalue weighted by Gasteiger charge is -2.23. The van der Waals surface area contributed by atoms with Crippen molar-refractivity contribution < 1.29 is 13.2 Å². The maximum atomic E-state index is 12.4. The van der Waals surface area contributed by atoms with E-state index in [0.29, 0.717) is 16.3 Å². The van der Waals surface area contributed by atoms with E-state index in [1.54, 1.807) is 36.4 Å². The summed E-state index contributed by atoms with van der Waals surface area (Å²) in [5, 5.41) is 9.96. The van der Waals surface area contributed by atoms with Gasteiger partial charge in [0.05, 0.1) is 11.8 Å². The molecule has 2 aromatic carbocycles. The van der Waals surface area contributed by atoms with Gasteiger partial charge in [-0.2, -0.15) is 9.98 Å². The lowest BCUT2D eigenvalue weighted by molar-refractivity contribution is 0.252. The topological polar surface area (TPSA) is 79.2 Å². The number of nitriles is 1. The van der Waals surface area contributed by atoms with Crippen LogP contribution in [0.25, 0.3) is 0 Å². The van der Waals surface area contributed by atoms with Crippen molar-refractivity contribution in [3.05, 3.63) is 64.7 Å². The maximum absolute atomic E-state index is 12.4. The first-order valence-electron chi connectivity index (χ1n) is 7.58. The summed E-state index contributed by atoms with van der Waals surface area (Å²) in [6.07, 6.45) is 0. The molecule has 0 bridgehead atoms. The average molecular weight is 379 g/mol. The molecule has 0 aromatic heterocycles. The minimum absolute atomic E-state index is 0.127. The molecule has 5 nitrogen and oxygen atoms in total. The zero-order chi connectivity index (χ0) is 18.5. The summed E-state index contributed by atoms with van der Waals surface area (Å²) in [7, 11) is -3.70. The summed E-state index contributed by atoms with van der Waals surface area (Å²) in [6, 6.07) is 15.8. The molecule has 0 radical (unpaired) electrons. The fourth-order valence-electron chi connectivity index (χ4n) is 2.13. The van der Waals surface area contributed by atoms with Crippen LogP contribution in [0.3, 0.4) is 0 Å². The molecule has 2 aromatic rings. The van der Waals surface area contributed by atoms with E-state index in [-0.39, 0.29) is 12.4 Å². The number of rotatable bonds is 7. The first-order valence-corrected chi connectivity index (χ1v) is 9.61. The van der Waals surface area contributed by atoms with E-state index in [0.717, 1.165) is 5.56 Å². The van der Waals surface area contributed by atoms with Crippen LogP contribution in [0.4, 0.5) is 0 Å². The minimum Gasteiger partial charge on any atom is -0.491 e. The third kappa shape index (κ3) is 6.05. The number of nitrogens with one attached hydrogen (secondary N) is 1. The van der Waals surface area contributed by atoms with Crippen LogP contribution in [0.2, 0.25) is 5.02 Å². The predicted molar refractivity (Wildman–Crippen MR) is 97.9 cm³/mol. The molecule has 0 spiro atoms. The van der Waals surface area contributed by atoms with E-state index in [1.807, 2.05) is 25.1 Å². The zero-order valence-corrected chi connectivity index (χ0v) is 15.6. The quantitative estimate of drug-likeness (QED) is 0.800. The average Bonchev–Trinajstić information content (AvgIpc) is 2.56. The number of sulfonamides is 1. The van der Waals surface area contributed by atoms with Crippen molar-refractivity contribution >= 4 is 21.6 Å². The molecule has 0 saturated heterocycles. The normalized spacial score (nSPS) is 13.7. The molecule has 7 heteroatoms. The summed E-state index contributed by atoms with van der Waals surface area (Å²) in [5.74, 6) is 0.300. The van der Waals surface area contributed by atoms with Crippen molar-refractivity contribution in [2.24, 2.45) is 0 Å². The van der Waals surface area contributed by atoms with Crippen LogP contribution in [-0.2, 0) is 15.8 Å². The molecule has 0 amide bonds. The lowest BCUT2D eigenvalue weighted by Crippen LogP contribution is -2.49. The Hall–Kier alpha value is -2.07. The Morgan fingerprint density at radius 1 is 1.16 bits per heavy atom. The summed E-state index contributed by atoms with van der Waals surface area (Å²) >= 11 is 5.80. The standard InChI is InChI=1S/C18H19ClN2O3S/c1-14-3-5-15(6-4-14)11-25(22,23)21-18(2,12-20)13-24-17-9-7-16(19)8-10-17/h3-10,21H,11,13H2,1-2H3. The summed E-state index contributed by atoms with van der Waals surface area (Å²) in [5.41, 5.74) is 0.313. The molecule has 1 unspecified atom stereocenters. The Balaban J connectivity index is 2.04. The van der Waals surface area contributed by atoms with Gasteiger partial charge in [0.25, 0.3) is 0 Å². The third-order valence-electron chi connectivity index (χ3n) is 3.45. The van der Waals surface area contributed by atoms with Crippen molar-refractivity contribution in [1.82, 2.24) is 4.72 Å². The smallest absolute Gasteiger partial charge is 0.217 e. The van der Waals surface area contributed by atoms with Gasteiger partial charge < -0.3 is 4.74 Å². The highest BCUT2D eigenvalue weighted by Gasteiger charge is 2.31. The largest absolute Gasteiger partial charge is 0.491 e. The van der Waals surface area contributed by atoms with E-state index in [4.69, 9.17) is 16.3 Å². The number of aryl methyl sites for hydroxylation is 1. The summed E-state index contributed by atoms with van der Waals surface area (Å²) in [4.78, 5) is 0. The molecule has 0 aliphatic heterocycles. The molecule has 1 atom stereocenters. The zero-order valence-electron chi connectivity index (χ0n) is 14.0. The van der Waals surface area contributed by atoms with Crippen LogP contribution in [0.1, 0.15) is 18.1 Å². The first-order chi connectivity index (χ1) is 11.7. The van der Waals surface area contributed by atoms with Crippen molar-refractivity contribution in [3.8, 4) is 11.8 Å². The SMILES string of the molecule is Cc1ccc(CS(=O)(=O)NC(C)(C#N)COc2ccc(Cl)cc2)cc1. The van der Waals surface area contributed by atoms with E-state index in [9.17, 15) is 13.7 Å². The van der Waals surface area contributed by atoms with Gasteiger partial charge in [-0.15, -0.1) is 0 Å². The van der Waals surface area contributed by atoms with Gasteiger partial charge in [-0.1, -0.05) is 41.4 Å². The monoisotopic (exact) mass is 378 g/mol. The third-order valence-corrected chi connectivity index (χ3v) is 5.17. The van der Waals surface area contributed by atoms with Gasteiger partial charge in [0.1, 0.15) is 12.4 Å². The predicted octanol–water partition coefficient (Wildman–Crippen LogP) is 3.43. The lowest BCUT2D eigenvalue weighted by atomic mass is 10.1. The number of nitrogens with zero attached hydrogens (tertiary/aromatic N) is 1. The highest BCUT2D eigenvalue weighted by Crippen LogP contribution is 2.18. The Labute approximate surface area is 153 Å². The van der Waals surface area contributed by atoms with E-state index < -0.39 is 15.6 Å². The van der Waals surface area contributed by atoms with Gasteiger partial charge in [0.2, 0.25) is 10.0 Å². The second-order valence-corrected chi connectivity index (χ2v) is 8.19. The Bertz CT molecular complexity index is 859. The van der Waals surface area contributed by atoms with Crippen molar-refractivity contribution in [3.63, 3.8) is 0 Å². The van der Waals surface area contributed by atoms with Crippen molar-refractivity contribution in [2.45, 2.75) is 25.1 Å². The molecule has 0 heterocycles. The van der Waals surface area contributed by atoms with Crippen LogP contribution < -0.4 is 9.46 Å². The van der Waals surface area contributed by atoms with Gasteiger partial charge in [-0.3, -0.25) is 0 Å². The van der Waals surface area contributed by atoms with Crippen LogP contribution >= 0.6 is 11.6 Å². The van der Waals surface area contributed by atoms with Gasteiger partial charge >= 0.3 is 0 Å². The number of hydrogen-bond acceptors (Lipinski definition) is 4. The number of hydrogen-bond donors (Lipinski definition) is 1. The molecule has 2 rings (SSSR count). The molecule has 0 fully saturated rings. The summed E-state index contributed by atoms with van der Waals surface area (Å²) in [6.45, 7) is 3.28. The Morgan fingerprint density at radius 2 is 1.76 bits per heavy atom. The Morgan fingerprint density at radius 3 is 2.32 bits per heavy atom. The van der Waals surface area contributed by atoms with Crippen LogP contribution in [0.15, 0.2) is 48.5 Å². The molecular formula is C18H19ClN2O3S. The molecule has 1 N–H and O–H groups in total. The van der Waals surface area contributed by atoms with Gasteiger partial charge in [-0.25, -0.2) is 8.42 Å². The van der Waals surface area contributed by atoms with Gasteiger partial charge in [0.15, 0.2) is 5.54 Å². The highest BCUT2D eigenvalue weighted by atomic mass is 35.5. The van der Waals surface area contributed by atoms with Gasteiger partial charge in [-0.05, 0) is 43.7 Å².